The molecule has 122 valence electrons. The highest BCUT2D eigenvalue weighted by atomic mass is 16.5. The summed E-state index contributed by atoms with van der Waals surface area (Å²) in [5, 5.41) is 0. The summed E-state index contributed by atoms with van der Waals surface area (Å²) < 4.78 is 15.7. The van der Waals surface area contributed by atoms with Crippen LogP contribution in [-0.4, -0.2) is 32.6 Å². The number of Topliss-reactive ketones (excluding diaryl/α,β-unsaturated/α-hetero) is 1. The number of ketones is 1. The number of carbonyl (C=O) groups is 2. The van der Waals surface area contributed by atoms with Gasteiger partial charge in [0.05, 0.1) is 20.8 Å². The summed E-state index contributed by atoms with van der Waals surface area (Å²) >= 11 is 0. The molecule has 0 radical (unpaired) electrons. The zero-order valence-corrected chi connectivity index (χ0v) is 13.5. The molecule has 1 aromatic rings. The monoisotopic (exact) mass is 316 g/mol. The van der Waals surface area contributed by atoms with Gasteiger partial charge >= 0.3 is 5.97 Å². The summed E-state index contributed by atoms with van der Waals surface area (Å²) in [6.07, 6.45) is 3.05. The zero-order chi connectivity index (χ0) is 16.6. The Morgan fingerprint density at radius 1 is 1.26 bits per heavy atom. The van der Waals surface area contributed by atoms with Crippen molar-refractivity contribution < 1.29 is 23.8 Å². The van der Waals surface area contributed by atoms with Crippen molar-refractivity contribution in [3.8, 4) is 11.5 Å². The highest BCUT2D eigenvalue weighted by Gasteiger charge is 2.73. The lowest BCUT2D eigenvalue weighted by atomic mass is 10.00. The lowest BCUT2D eigenvalue weighted by molar-refractivity contribution is -0.152. The van der Waals surface area contributed by atoms with Gasteiger partial charge in [0.25, 0.3) is 0 Å². The predicted octanol–water partition coefficient (Wildman–Crippen LogP) is 2.63. The van der Waals surface area contributed by atoms with E-state index in [9.17, 15) is 9.59 Å². The molecule has 2 atom stereocenters. The van der Waals surface area contributed by atoms with E-state index in [-0.39, 0.29) is 18.3 Å². The topological polar surface area (TPSA) is 61.8 Å². The summed E-state index contributed by atoms with van der Waals surface area (Å²) in [5.41, 5.74) is 0.663. The molecule has 0 bridgehead atoms. The first-order valence-corrected chi connectivity index (χ1v) is 7.73. The predicted molar refractivity (Wildman–Crippen MR) is 84.3 cm³/mol. The van der Waals surface area contributed by atoms with Gasteiger partial charge in [-0.25, -0.2) is 0 Å². The third kappa shape index (κ3) is 2.31. The summed E-state index contributed by atoms with van der Waals surface area (Å²) in [6, 6.07) is 5.49. The Labute approximate surface area is 135 Å². The smallest absolute Gasteiger partial charge is 0.324 e. The Morgan fingerprint density at radius 3 is 2.48 bits per heavy atom. The van der Waals surface area contributed by atoms with Crippen molar-refractivity contribution in [3.63, 3.8) is 0 Å². The van der Waals surface area contributed by atoms with Crippen LogP contribution in [0.5, 0.6) is 11.5 Å². The summed E-state index contributed by atoms with van der Waals surface area (Å²) in [6.45, 7) is 2.03. The minimum absolute atomic E-state index is 0.0220. The third-order valence-electron chi connectivity index (χ3n) is 4.66. The van der Waals surface area contributed by atoms with Crippen LogP contribution < -0.4 is 9.47 Å². The zero-order valence-electron chi connectivity index (χ0n) is 13.5. The Morgan fingerprint density at radius 2 is 1.91 bits per heavy atom. The van der Waals surface area contributed by atoms with Crippen LogP contribution in [0, 0.1) is 11.3 Å². The van der Waals surface area contributed by atoms with Gasteiger partial charge in [-0.2, -0.15) is 0 Å². The molecule has 0 amide bonds. The Balaban J connectivity index is 1.98. The molecule has 2 saturated carbocycles. The first-order valence-electron chi connectivity index (χ1n) is 7.73. The van der Waals surface area contributed by atoms with Crippen molar-refractivity contribution in [1.29, 1.82) is 0 Å². The molecule has 0 saturated heterocycles. The number of carbonyl (C=O) groups excluding carboxylic acids is 2. The number of fused-ring (bicyclic) bond motifs is 1. The van der Waals surface area contributed by atoms with Crippen LogP contribution in [0.15, 0.2) is 23.8 Å². The third-order valence-corrected chi connectivity index (χ3v) is 4.66. The molecule has 2 fully saturated rings. The van der Waals surface area contributed by atoms with Crippen molar-refractivity contribution in [3.05, 3.63) is 29.3 Å². The standard InChI is InChI=1S/C18H20O5/c1-4-23-17(20)18-14(5-6-16(18)19)15(18)9-11-7-12(21-2)10-13(8-11)22-3/h7-10,14H,4-6H2,1-3H3/b15-9+/t14-,18+/m1/s1. The van der Waals surface area contributed by atoms with E-state index in [1.54, 1.807) is 27.2 Å². The second kappa shape index (κ2) is 5.72. The fourth-order valence-electron chi connectivity index (χ4n) is 3.54. The first-order chi connectivity index (χ1) is 11.1. The number of hydrogen-bond acceptors (Lipinski definition) is 5. The first kappa shape index (κ1) is 15.6. The van der Waals surface area contributed by atoms with Gasteiger partial charge in [-0.05, 0) is 36.6 Å². The molecule has 5 heteroatoms. The molecule has 0 heterocycles. The van der Waals surface area contributed by atoms with E-state index >= 15 is 0 Å². The van der Waals surface area contributed by atoms with Crippen LogP contribution >= 0.6 is 0 Å². The molecule has 0 aromatic heterocycles. The lowest BCUT2D eigenvalue weighted by Gasteiger charge is -2.10. The molecular weight excluding hydrogens is 296 g/mol. The van der Waals surface area contributed by atoms with Crippen molar-refractivity contribution in [1.82, 2.24) is 0 Å². The summed E-state index contributed by atoms with van der Waals surface area (Å²) in [7, 11) is 3.17. The molecule has 5 nitrogen and oxygen atoms in total. The molecule has 23 heavy (non-hydrogen) atoms. The Bertz CT molecular complexity index is 668. The van der Waals surface area contributed by atoms with Crippen molar-refractivity contribution >= 4 is 17.8 Å². The molecule has 2 aliphatic carbocycles. The molecule has 0 N–H and O–H groups in total. The maximum Gasteiger partial charge on any atom is 0.324 e. The van der Waals surface area contributed by atoms with Gasteiger partial charge in [-0.15, -0.1) is 0 Å². The minimum atomic E-state index is -1.04. The fourth-order valence-corrected chi connectivity index (χ4v) is 3.54. The van der Waals surface area contributed by atoms with E-state index in [4.69, 9.17) is 14.2 Å². The molecule has 0 spiro atoms. The van der Waals surface area contributed by atoms with Crippen molar-refractivity contribution in [2.45, 2.75) is 19.8 Å². The lowest BCUT2D eigenvalue weighted by Crippen LogP contribution is -2.26. The summed E-state index contributed by atoms with van der Waals surface area (Å²) in [4.78, 5) is 24.6. The average molecular weight is 316 g/mol. The maximum absolute atomic E-state index is 12.3. The number of benzene rings is 1. The van der Waals surface area contributed by atoms with E-state index in [1.165, 1.54) is 0 Å². The minimum Gasteiger partial charge on any atom is -0.497 e. The number of rotatable bonds is 5. The van der Waals surface area contributed by atoms with E-state index in [0.717, 1.165) is 11.1 Å². The van der Waals surface area contributed by atoms with Crippen molar-refractivity contribution in [2.24, 2.45) is 11.3 Å². The van der Waals surface area contributed by atoms with E-state index < -0.39 is 11.4 Å². The van der Waals surface area contributed by atoms with Gasteiger partial charge in [0.1, 0.15) is 11.5 Å². The Kier molecular flexibility index (Phi) is 3.88. The fraction of sp³-hybridized carbons (Fsp3) is 0.444. The van der Waals surface area contributed by atoms with Crippen molar-refractivity contribution in [2.75, 3.05) is 20.8 Å². The van der Waals surface area contributed by atoms with E-state index in [0.29, 0.717) is 24.3 Å². The van der Waals surface area contributed by atoms with Gasteiger partial charge in [0.15, 0.2) is 11.2 Å². The van der Waals surface area contributed by atoms with Gasteiger partial charge in [0, 0.05) is 18.4 Å². The number of hydrogen-bond donors (Lipinski definition) is 0. The molecule has 0 aliphatic heterocycles. The highest BCUT2D eigenvalue weighted by molar-refractivity contribution is 6.16. The molecular formula is C18H20O5. The van der Waals surface area contributed by atoms with Crippen LogP contribution in [-0.2, 0) is 14.3 Å². The van der Waals surface area contributed by atoms with E-state index in [2.05, 4.69) is 0 Å². The van der Waals surface area contributed by atoms with Gasteiger partial charge in [0.2, 0.25) is 0 Å². The average Bonchev–Trinajstić information content (AvgIpc) is 3.05. The largest absolute Gasteiger partial charge is 0.497 e. The van der Waals surface area contributed by atoms with E-state index in [1.807, 2.05) is 18.2 Å². The molecule has 2 aliphatic rings. The molecule has 0 unspecified atom stereocenters. The molecule has 3 rings (SSSR count). The van der Waals surface area contributed by atoms with Crippen LogP contribution in [0.2, 0.25) is 0 Å². The number of esters is 1. The Hall–Kier alpha value is -2.30. The SMILES string of the molecule is CCOC(=O)[C@@]12C(=O)CC[C@@H]1/C2=C\c1cc(OC)cc(OC)c1. The van der Waals surface area contributed by atoms with Crippen LogP contribution in [0.4, 0.5) is 0 Å². The second-order valence-corrected chi connectivity index (χ2v) is 5.79. The number of methoxy groups -OCH3 is 2. The normalized spacial score (nSPS) is 26.8. The van der Waals surface area contributed by atoms with Gasteiger partial charge in [-0.1, -0.05) is 6.08 Å². The highest BCUT2D eigenvalue weighted by Crippen LogP contribution is 2.67. The quantitative estimate of drug-likeness (QED) is 0.617. The van der Waals surface area contributed by atoms with Crippen LogP contribution in [0.25, 0.3) is 6.08 Å². The number of ether oxygens (including phenoxy) is 3. The summed E-state index contributed by atoms with van der Waals surface area (Å²) in [5.74, 6) is 0.874. The van der Waals surface area contributed by atoms with Crippen LogP contribution in [0.1, 0.15) is 25.3 Å². The maximum atomic E-state index is 12.3. The van der Waals surface area contributed by atoms with Gasteiger partial charge < -0.3 is 14.2 Å². The second-order valence-electron chi connectivity index (χ2n) is 5.79. The molecule has 1 aromatic carbocycles. The van der Waals surface area contributed by atoms with Gasteiger partial charge in [-0.3, -0.25) is 9.59 Å². The van der Waals surface area contributed by atoms with Crippen LogP contribution in [0.3, 0.4) is 0 Å².